The fraction of sp³-hybridized carbons (Fsp3) is 0.103. The van der Waals surface area contributed by atoms with Crippen molar-refractivity contribution in [1.82, 2.24) is 4.98 Å². The number of anilines is 4. The Labute approximate surface area is 312 Å². The number of benzene rings is 5. The molecule has 0 unspecified atom stereocenters. The maximum absolute atomic E-state index is 13.3. The van der Waals surface area contributed by atoms with Crippen molar-refractivity contribution in [3.63, 3.8) is 0 Å². The lowest BCUT2D eigenvalue weighted by atomic mass is 10.1. The van der Waals surface area contributed by atoms with Gasteiger partial charge in [-0.3, -0.25) is 23.5 Å². The van der Waals surface area contributed by atoms with Crippen LogP contribution in [0.5, 0.6) is 0 Å². The van der Waals surface area contributed by atoms with Crippen molar-refractivity contribution in [3.05, 3.63) is 150 Å². The van der Waals surface area contributed by atoms with Gasteiger partial charge in [-0.1, -0.05) is 48.5 Å². The van der Waals surface area contributed by atoms with Gasteiger partial charge in [-0.15, -0.1) is 11.3 Å². The number of hydrogen-bond donors (Lipinski definition) is 2. The molecule has 0 spiro atoms. The molecule has 0 saturated carbocycles. The lowest BCUT2D eigenvalue weighted by Gasteiger charge is -2.23. The van der Waals surface area contributed by atoms with Crippen LogP contribution in [-0.2, 0) is 20.0 Å². The van der Waals surface area contributed by atoms with Gasteiger partial charge in [0, 0.05) is 40.8 Å². The number of nitrogens with one attached hydrogen (secondary N) is 2. The van der Waals surface area contributed by atoms with Crippen LogP contribution in [0, 0.1) is 0 Å². The Kier molecular flexibility index (Phi) is 11.0. The average molecular weight is 766 g/mol. The largest absolute Gasteiger partial charge is 0.322 e. The van der Waals surface area contributed by atoms with E-state index in [0.717, 1.165) is 0 Å². The minimum absolute atomic E-state index is 0.0652. The maximum Gasteiger partial charge on any atom is 0.264 e. The highest BCUT2D eigenvalue weighted by atomic mass is 32.2. The summed E-state index contributed by atoms with van der Waals surface area (Å²) in [4.78, 5) is 30.8. The van der Waals surface area contributed by atoms with Gasteiger partial charge >= 0.3 is 0 Å². The molecule has 0 saturated heterocycles. The number of thiazole rings is 1. The number of carbonyl (C=O) groups excluding carboxylic acids is 2. The van der Waals surface area contributed by atoms with Gasteiger partial charge in [0.2, 0.25) is 0 Å². The number of carbonyl (C=O) groups is 2. The summed E-state index contributed by atoms with van der Waals surface area (Å²) in [6.45, 7) is 4.00. The van der Waals surface area contributed by atoms with Crippen LogP contribution in [0.2, 0.25) is 0 Å². The van der Waals surface area contributed by atoms with Gasteiger partial charge in [-0.2, -0.15) is 0 Å². The number of para-hydroxylation sites is 2. The van der Waals surface area contributed by atoms with Gasteiger partial charge < -0.3 is 5.32 Å². The van der Waals surface area contributed by atoms with E-state index < -0.39 is 31.9 Å². The number of nitrogens with zero attached hydrogens (tertiary/aromatic N) is 3. The highest BCUT2D eigenvalue weighted by molar-refractivity contribution is 7.93. The average Bonchev–Trinajstić information content (AvgIpc) is 3.65. The second-order valence-electron chi connectivity index (χ2n) is 11.6. The molecule has 11 nitrogen and oxygen atoms in total. The van der Waals surface area contributed by atoms with Crippen molar-refractivity contribution in [1.29, 1.82) is 0 Å². The molecule has 2 N–H and O–H groups in total. The molecule has 0 fully saturated rings. The van der Waals surface area contributed by atoms with E-state index in [0.29, 0.717) is 33.5 Å². The van der Waals surface area contributed by atoms with Crippen LogP contribution in [0.3, 0.4) is 0 Å². The van der Waals surface area contributed by atoms with Gasteiger partial charge in [0.05, 0.1) is 26.9 Å². The summed E-state index contributed by atoms with van der Waals surface area (Å²) in [5, 5.41) is 7.71. The first-order chi connectivity index (χ1) is 25.5. The van der Waals surface area contributed by atoms with Crippen LogP contribution >= 0.6 is 11.3 Å². The zero-order chi connectivity index (χ0) is 37.6. The van der Waals surface area contributed by atoms with Crippen LogP contribution in [0.25, 0.3) is 11.3 Å². The zero-order valence-electron chi connectivity index (χ0n) is 28.7. The van der Waals surface area contributed by atoms with Crippen molar-refractivity contribution in [2.45, 2.75) is 23.6 Å². The lowest BCUT2D eigenvalue weighted by Crippen LogP contribution is -2.30. The molecule has 6 aromatic rings. The Balaban J connectivity index is 1.09. The van der Waals surface area contributed by atoms with E-state index in [1.807, 2.05) is 18.2 Å². The molecule has 5 aromatic carbocycles. The molecule has 6 rings (SSSR count). The Bertz CT molecular complexity index is 2440. The number of rotatable bonds is 13. The lowest BCUT2D eigenvalue weighted by molar-refractivity contribution is 0.101. The number of hydrogen-bond acceptors (Lipinski definition) is 8. The summed E-state index contributed by atoms with van der Waals surface area (Å²) in [5.74, 6) is -0.874. The molecule has 0 aliphatic carbocycles. The van der Waals surface area contributed by atoms with Crippen LogP contribution in [0.4, 0.5) is 22.2 Å². The van der Waals surface area contributed by atoms with Crippen molar-refractivity contribution < 1.29 is 26.4 Å². The fourth-order valence-electron chi connectivity index (χ4n) is 5.57. The monoisotopic (exact) mass is 765 g/mol. The van der Waals surface area contributed by atoms with Crippen molar-refractivity contribution in [3.8, 4) is 11.3 Å². The van der Waals surface area contributed by atoms with E-state index in [1.54, 1.807) is 86.0 Å². The minimum atomic E-state index is -3.84. The first-order valence-electron chi connectivity index (χ1n) is 16.6. The van der Waals surface area contributed by atoms with Crippen LogP contribution in [0.1, 0.15) is 34.6 Å². The van der Waals surface area contributed by atoms with E-state index in [1.165, 1.54) is 68.5 Å². The van der Waals surface area contributed by atoms with E-state index in [-0.39, 0.29) is 34.0 Å². The Morgan fingerprint density at radius 3 is 1.55 bits per heavy atom. The normalized spacial score (nSPS) is 11.4. The Morgan fingerprint density at radius 1 is 0.604 bits per heavy atom. The quantitative estimate of drug-likeness (QED) is 0.122. The molecular weight excluding hydrogens is 731 g/mol. The van der Waals surface area contributed by atoms with Gasteiger partial charge in [0.1, 0.15) is 0 Å². The van der Waals surface area contributed by atoms with E-state index in [9.17, 15) is 26.4 Å². The molecule has 0 bridgehead atoms. The summed E-state index contributed by atoms with van der Waals surface area (Å²) < 4.78 is 55.9. The predicted molar refractivity (Wildman–Crippen MR) is 210 cm³/mol. The highest BCUT2D eigenvalue weighted by Crippen LogP contribution is 2.29. The van der Waals surface area contributed by atoms with E-state index in [2.05, 4.69) is 15.6 Å². The predicted octanol–water partition coefficient (Wildman–Crippen LogP) is 7.75. The van der Waals surface area contributed by atoms with Crippen molar-refractivity contribution in [2.24, 2.45) is 0 Å². The van der Waals surface area contributed by atoms with Gasteiger partial charge in [-0.05, 0) is 98.8 Å². The SMILES string of the molecule is CCN(c1ccccc1)S(=O)(=O)c1ccc(C(=O)Nc2cccc(-c3csc(NC(=O)c4ccc(S(=O)(=O)N(CC)c5ccccc5)cc4)n3)c2)cc1. The third kappa shape index (κ3) is 8.14. The number of sulfonamides is 2. The highest BCUT2D eigenvalue weighted by Gasteiger charge is 2.25. The topological polar surface area (TPSA) is 146 Å². The van der Waals surface area contributed by atoms with E-state index >= 15 is 0 Å². The Hall–Kier alpha value is -5.83. The van der Waals surface area contributed by atoms with Crippen molar-refractivity contribution in [2.75, 3.05) is 32.3 Å². The fourth-order valence-corrected chi connectivity index (χ4v) is 9.24. The number of amides is 2. The summed E-state index contributed by atoms with van der Waals surface area (Å²) in [6.07, 6.45) is 0. The number of aromatic nitrogens is 1. The van der Waals surface area contributed by atoms with Gasteiger partial charge in [0.25, 0.3) is 31.9 Å². The summed E-state index contributed by atoms with van der Waals surface area (Å²) >= 11 is 1.22. The third-order valence-corrected chi connectivity index (χ3v) is 12.8. The van der Waals surface area contributed by atoms with Crippen LogP contribution in [0.15, 0.2) is 149 Å². The van der Waals surface area contributed by atoms with Crippen molar-refractivity contribution >= 4 is 65.4 Å². The first kappa shape index (κ1) is 36.9. The van der Waals surface area contributed by atoms with Gasteiger partial charge in [0.15, 0.2) is 5.13 Å². The minimum Gasteiger partial charge on any atom is -0.322 e. The van der Waals surface area contributed by atoms with E-state index in [4.69, 9.17) is 0 Å². The molecule has 0 aliphatic heterocycles. The smallest absolute Gasteiger partial charge is 0.264 e. The molecule has 1 aromatic heterocycles. The van der Waals surface area contributed by atoms with Crippen LogP contribution < -0.4 is 19.2 Å². The molecule has 2 amide bonds. The molecule has 0 atom stereocenters. The molecule has 1 heterocycles. The third-order valence-electron chi connectivity index (χ3n) is 8.21. The molecule has 270 valence electrons. The molecule has 0 radical (unpaired) electrons. The van der Waals surface area contributed by atoms with Crippen LogP contribution in [-0.4, -0.2) is 46.7 Å². The summed E-state index contributed by atoms with van der Waals surface area (Å²) in [7, 11) is -7.68. The second kappa shape index (κ2) is 15.8. The summed E-state index contributed by atoms with van der Waals surface area (Å²) in [6, 6.07) is 36.2. The standard InChI is InChI=1S/C39H35N5O6S3/c1-3-43(32-14-7-5-8-15-32)52(47,48)34-22-18-28(19-23-34)37(45)40-31-13-11-12-30(26-31)36-27-51-39(41-36)42-38(46)29-20-24-35(25-21-29)53(49,50)44(4-2)33-16-9-6-10-17-33/h5-27H,3-4H2,1-2H3,(H,40,45)(H,41,42,46). The second-order valence-corrected chi connectivity index (χ2v) is 16.2. The maximum atomic E-state index is 13.3. The summed E-state index contributed by atoms with van der Waals surface area (Å²) in [5.41, 5.74) is 3.39. The Morgan fingerprint density at radius 2 is 1.08 bits per heavy atom. The molecule has 53 heavy (non-hydrogen) atoms. The first-order valence-corrected chi connectivity index (χ1v) is 20.3. The van der Waals surface area contributed by atoms with Gasteiger partial charge in [-0.25, -0.2) is 21.8 Å². The zero-order valence-corrected chi connectivity index (χ0v) is 31.2. The molecule has 0 aliphatic rings. The molecular formula is C39H35N5O6S3. The molecule has 14 heteroatoms.